The van der Waals surface area contributed by atoms with Gasteiger partial charge in [-0.3, -0.25) is 0 Å². The molecule has 1 heterocycles. The molecule has 0 N–H and O–H groups in total. The second-order valence-corrected chi connectivity index (χ2v) is 14.6. The minimum absolute atomic E-state index is 0. The number of rotatable bonds is 5. The van der Waals surface area contributed by atoms with Crippen LogP contribution in [0.5, 0.6) is 11.5 Å². The molecule has 0 radical (unpaired) electrons. The van der Waals surface area contributed by atoms with E-state index in [9.17, 15) is 0 Å². The van der Waals surface area contributed by atoms with Gasteiger partial charge in [0, 0.05) is 0 Å². The van der Waals surface area contributed by atoms with Gasteiger partial charge >= 0.3 is 232 Å². The molecular weight excluding hydrogens is 579 g/mol. The van der Waals surface area contributed by atoms with E-state index in [-0.39, 0.29) is 35.6 Å². The Labute approximate surface area is 255 Å². The summed E-state index contributed by atoms with van der Waals surface area (Å²) in [5, 5.41) is 6.85. The van der Waals surface area contributed by atoms with Crippen LogP contribution in [0, 0.1) is 0 Å². The van der Waals surface area contributed by atoms with Gasteiger partial charge in [0.1, 0.15) is 0 Å². The first-order valence-electron chi connectivity index (χ1n) is 12.8. The molecule has 204 valence electrons. The minimum atomic E-state index is -2.71. The molecule has 0 aliphatic rings. The predicted molar refractivity (Wildman–Crippen MR) is 171 cm³/mol. The molecular formula is C33H36Cl2O2STi. The Hall–Kier alpha value is -2.14. The second-order valence-electron chi connectivity index (χ2n) is 11.5. The zero-order valence-electron chi connectivity index (χ0n) is 23.3. The molecule has 4 aromatic carbocycles. The van der Waals surface area contributed by atoms with Crippen molar-refractivity contribution in [3.05, 3.63) is 106 Å². The molecule has 2 nitrogen and oxygen atoms in total. The monoisotopic (exact) mass is 614 g/mol. The summed E-state index contributed by atoms with van der Waals surface area (Å²) in [5.74, 6) is 1.81. The van der Waals surface area contributed by atoms with Crippen LogP contribution < -0.4 is 6.64 Å². The molecule has 0 aliphatic heterocycles. The Balaban J connectivity index is 0.00000210. The smallest absolute Gasteiger partial charge is 0.147 e. The van der Waals surface area contributed by atoms with Crippen molar-refractivity contribution in [2.45, 2.75) is 52.4 Å². The summed E-state index contributed by atoms with van der Waals surface area (Å²) in [4.78, 5) is 1.18. The van der Waals surface area contributed by atoms with Crippen molar-refractivity contribution in [3.63, 3.8) is 0 Å². The predicted octanol–water partition coefficient (Wildman–Crippen LogP) is 10.2. The molecule has 6 heteroatoms. The fourth-order valence-corrected chi connectivity index (χ4v) is 8.04. The van der Waals surface area contributed by atoms with Gasteiger partial charge in [-0.1, -0.05) is 0 Å². The van der Waals surface area contributed by atoms with Crippen LogP contribution in [0.3, 0.4) is 0 Å². The Morgan fingerprint density at radius 3 is 1.41 bits per heavy atom. The summed E-state index contributed by atoms with van der Waals surface area (Å²) in [6, 6.07) is 30.0. The van der Waals surface area contributed by atoms with Crippen molar-refractivity contribution < 1.29 is 24.8 Å². The maximum absolute atomic E-state index is 6.91. The molecule has 0 saturated carbocycles. The van der Waals surface area contributed by atoms with Crippen LogP contribution in [0.15, 0.2) is 90.3 Å². The molecule has 1 aromatic heterocycles. The van der Waals surface area contributed by atoms with Crippen molar-refractivity contribution in [1.82, 2.24) is 0 Å². The molecule has 39 heavy (non-hydrogen) atoms. The van der Waals surface area contributed by atoms with Crippen LogP contribution in [-0.4, -0.2) is 4.31 Å². The van der Waals surface area contributed by atoms with Gasteiger partial charge in [0.15, 0.2) is 0 Å². The third kappa shape index (κ3) is 6.96. The zero-order valence-corrected chi connectivity index (χ0v) is 27.3. The topological polar surface area (TPSA) is 18.5 Å². The van der Waals surface area contributed by atoms with Crippen LogP contribution >= 0.6 is 36.2 Å². The van der Waals surface area contributed by atoms with Crippen LogP contribution in [0.1, 0.15) is 57.5 Å². The quantitative estimate of drug-likeness (QED) is 0.183. The Kier molecular flexibility index (Phi) is 10.1. The Morgan fingerprint density at radius 1 is 0.590 bits per heavy atom. The van der Waals surface area contributed by atoms with Crippen LogP contribution in [0.4, 0.5) is 0 Å². The van der Waals surface area contributed by atoms with E-state index in [1.165, 1.54) is 37.5 Å². The van der Waals surface area contributed by atoms with Crippen molar-refractivity contribution in [2.24, 2.45) is 0 Å². The van der Waals surface area contributed by atoms with Crippen LogP contribution in [0.25, 0.3) is 21.5 Å². The van der Waals surface area contributed by atoms with E-state index in [2.05, 4.69) is 136 Å². The number of fused-ring (bicyclic) bond motifs is 2. The third-order valence-electron chi connectivity index (χ3n) is 6.57. The van der Waals surface area contributed by atoms with Gasteiger partial charge in [0.25, 0.3) is 0 Å². The number of benzene rings is 4. The first-order valence-corrected chi connectivity index (χ1v) is 15.8. The molecule has 0 fully saturated rings. The standard InChI is InChI=1S/2C14H16O.C5H4S.2ClH.Ti/c2*1-14(2,3)11-8-4-6-10-7-5-9-12(15)13(10)11;1-5-3-2-4-6-5;;;/h2*4-9,15H,1-3H3;1-4H;2*1H;/q;;;;;+2/p-2. The van der Waals surface area contributed by atoms with E-state index < -0.39 is 18.2 Å². The number of hydrogen-bond acceptors (Lipinski definition) is 3. The first-order chi connectivity index (χ1) is 17.6. The summed E-state index contributed by atoms with van der Waals surface area (Å²) in [5.41, 5.74) is 2.56. The summed E-state index contributed by atoms with van der Waals surface area (Å²) in [6.07, 6.45) is 0. The van der Waals surface area contributed by atoms with Gasteiger partial charge < -0.3 is 0 Å². The van der Waals surface area contributed by atoms with Gasteiger partial charge in [0.2, 0.25) is 0 Å². The van der Waals surface area contributed by atoms with E-state index in [1.807, 2.05) is 0 Å². The molecule has 0 bridgehead atoms. The maximum Gasteiger partial charge on any atom is -0.147 e. The van der Waals surface area contributed by atoms with E-state index in [0.29, 0.717) is 0 Å². The summed E-state index contributed by atoms with van der Waals surface area (Å²) >= 11 is -0.990. The van der Waals surface area contributed by atoms with E-state index in [4.69, 9.17) is 6.64 Å². The van der Waals surface area contributed by atoms with Crippen molar-refractivity contribution in [2.75, 3.05) is 0 Å². The summed E-state index contributed by atoms with van der Waals surface area (Å²) in [7, 11) is 0. The molecule has 5 rings (SSSR count). The van der Waals surface area contributed by atoms with Crippen molar-refractivity contribution >= 4 is 62.0 Å². The molecule has 0 spiro atoms. The molecule has 5 aromatic rings. The maximum atomic E-state index is 6.91. The summed E-state index contributed by atoms with van der Waals surface area (Å²) < 4.78 is 16.1. The Morgan fingerprint density at radius 2 is 1.03 bits per heavy atom. The fraction of sp³-hybridized carbons (Fsp3) is 0.242. The molecule has 0 amide bonds. The average molecular weight is 615 g/mol. The Bertz CT molecular complexity index is 1480. The number of hydrogen-bond donors (Lipinski definition) is 0. The van der Waals surface area contributed by atoms with Crippen molar-refractivity contribution in [3.8, 4) is 11.5 Å². The van der Waals surface area contributed by atoms with Gasteiger partial charge in [0.05, 0.1) is 0 Å². The molecule has 0 unspecified atom stereocenters. The van der Waals surface area contributed by atoms with Gasteiger partial charge in [-0.2, -0.15) is 0 Å². The first kappa shape index (κ1) is 31.4. The van der Waals surface area contributed by atoms with Gasteiger partial charge in [-0.05, 0) is 0 Å². The molecule has 0 atom stereocenters. The SMILES string of the molecule is CC(C)(C)c1cccc2cccc([O][Ti](=[CH]c3cccs3)[O]c3cccc4cccc(C(C)(C)C)c34)c12.Cl.Cl. The molecule has 0 saturated heterocycles. The largest absolute Gasteiger partial charge is 0.147 e. The normalized spacial score (nSPS) is 11.4. The second kappa shape index (κ2) is 12.6. The van der Waals surface area contributed by atoms with Gasteiger partial charge in [-0.15, -0.1) is 24.8 Å². The zero-order chi connectivity index (χ0) is 26.2. The van der Waals surface area contributed by atoms with Gasteiger partial charge in [-0.25, -0.2) is 0 Å². The number of thiophene rings is 1. The fourth-order valence-electron chi connectivity index (χ4n) is 4.82. The van der Waals surface area contributed by atoms with E-state index in [0.717, 1.165) is 11.5 Å². The average Bonchev–Trinajstić information content (AvgIpc) is 3.35. The van der Waals surface area contributed by atoms with Crippen molar-refractivity contribution in [1.29, 1.82) is 0 Å². The van der Waals surface area contributed by atoms with E-state index in [1.54, 1.807) is 11.3 Å². The van der Waals surface area contributed by atoms with Crippen LogP contribution in [0.2, 0.25) is 0 Å². The number of halogens is 2. The third-order valence-corrected chi connectivity index (χ3v) is 9.89. The molecule has 0 aliphatic carbocycles. The van der Waals surface area contributed by atoms with E-state index >= 15 is 0 Å². The summed E-state index contributed by atoms with van der Waals surface area (Å²) in [6.45, 7) is 13.5. The van der Waals surface area contributed by atoms with Crippen LogP contribution in [-0.2, 0) is 29.0 Å². The minimum Gasteiger partial charge on any atom is -0.147 e.